The van der Waals surface area contributed by atoms with E-state index in [1.165, 1.54) is 217 Å². The van der Waals surface area contributed by atoms with Crippen molar-refractivity contribution in [3.8, 4) is 0 Å². The van der Waals surface area contributed by atoms with Crippen LogP contribution in [-0.4, -0.2) is 29.0 Å². The molecule has 0 aliphatic carbocycles. The van der Waals surface area contributed by atoms with E-state index in [4.69, 9.17) is 0 Å². The predicted molar refractivity (Wildman–Crippen MR) is 188 cm³/mol. The molecule has 0 unspecified atom stereocenters. The van der Waals surface area contributed by atoms with Crippen LogP contribution in [0.15, 0.2) is 0 Å². The highest BCUT2D eigenvalue weighted by Crippen LogP contribution is 2.16. The SMILES string of the molecule is CCCCCCCCCCCCCCCCCC[S+](CCO)CCCCCCCCCCCCCCCCCC.[Cl-]. The quantitative estimate of drug-likeness (QED) is 0.0547. The molecule has 0 radical (unpaired) electrons. The Kier molecular flexibility index (Phi) is 43.3. The van der Waals surface area contributed by atoms with Gasteiger partial charge in [0.1, 0.15) is 17.3 Å². The van der Waals surface area contributed by atoms with Crippen molar-refractivity contribution in [1.29, 1.82) is 0 Å². The Labute approximate surface area is 270 Å². The molecule has 1 N–H and O–H groups in total. The molecule has 0 bridgehead atoms. The van der Waals surface area contributed by atoms with Crippen molar-refractivity contribution >= 4 is 10.9 Å². The van der Waals surface area contributed by atoms with Gasteiger partial charge in [-0.1, -0.05) is 194 Å². The number of aliphatic hydroxyl groups is 1. The third kappa shape index (κ3) is 38.6. The van der Waals surface area contributed by atoms with Crippen molar-refractivity contribution in [3.05, 3.63) is 0 Å². The van der Waals surface area contributed by atoms with Crippen LogP contribution in [0.1, 0.15) is 219 Å². The molecule has 1 nitrogen and oxygen atoms in total. The van der Waals surface area contributed by atoms with Gasteiger partial charge in [0.05, 0.1) is 6.61 Å². The summed E-state index contributed by atoms with van der Waals surface area (Å²) in [5.41, 5.74) is 0. The molecule has 0 aliphatic heterocycles. The number of rotatable bonds is 36. The monoisotopic (exact) mass is 619 g/mol. The number of hydrogen-bond acceptors (Lipinski definition) is 1. The van der Waals surface area contributed by atoms with Gasteiger partial charge in [-0.15, -0.1) is 0 Å². The Morgan fingerprint density at radius 2 is 0.488 bits per heavy atom. The smallest absolute Gasteiger partial charge is 0.131 e. The average molecular weight is 620 g/mol. The number of hydrogen-bond donors (Lipinski definition) is 1. The van der Waals surface area contributed by atoms with Crippen LogP contribution in [0.4, 0.5) is 0 Å². The lowest BCUT2D eigenvalue weighted by molar-refractivity contribution is -0.0000100. The van der Waals surface area contributed by atoms with Crippen molar-refractivity contribution in [3.63, 3.8) is 0 Å². The third-order valence-corrected chi connectivity index (χ3v) is 11.4. The first-order valence-electron chi connectivity index (χ1n) is 19.1. The summed E-state index contributed by atoms with van der Waals surface area (Å²) in [6, 6.07) is 0. The molecule has 0 saturated heterocycles. The lowest BCUT2D eigenvalue weighted by Gasteiger charge is -2.08. The number of aliphatic hydroxyl groups excluding tert-OH is 1. The Morgan fingerprint density at radius 1 is 0.293 bits per heavy atom. The highest BCUT2D eigenvalue weighted by atomic mass is 35.5. The van der Waals surface area contributed by atoms with Gasteiger partial charge in [0.25, 0.3) is 0 Å². The first kappa shape index (κ1) is 43.7. The summed E-state index contributed by atoms with van der Waals surface area (Å²) in [5, 5.41) is 9.51. The average Bonchev–Trinajstić information content (AvgIpc) is 2.96. The highest BCUT2D eigenvalue weighted by molar-refractivity contribution is 7.96. The summed E-state index contributed by atoms with van der Waals surface area (Å²) in [7, 11) is 0.491. The van der Waals surface area contributed by atoms with Crippen molar-refractivity contribution in [2.75, 3.05) is 23.9 Å². The number of halogens is 1. The summed E-state index contributed by atoms with van der Waals surface area (Å²) in [4.78, 5) is 0. The van der Waals surface area contributed by atoms with Gasteiger partial charge in [-0.25, -0.2) is 0 Å². The second-order valence-corrected chi connectivity index (χ2v) is 15.5. The van der Waals surface area contributed by atoms with E-state index in [2.05, 4.69) is 13.8 Å². The standard InChI is InChI=1S/C38H79OS.ClH/c1-3-5-7-9-11-13-15-17-19-21-23-25-27-29-31-33-36-40(38-35-39)37-34-32-30-28-26-24-22-20-18-16-14-12-10-8-6-4-2;/h39H,3-38H2,1-2H3;1H/q+1;/p-1. The van der Waals surface area contributed by atoms with Crippen LogP contribution in [0.25, 0.3) is 0 Å². The molecule has 0 spiro atoms. The highest BCUT2D eigenvalue weighted by Gasteiger charge is 2.16. The first-order valence-corrected chi connectivity index (χ1v) is 20.8. The molecule has 0 aromatic carbocycles. The van der Waals surface area contributed by atoms with Crippen LogP contribution in [0.3, 0.4) is 0 Å². The van der Waals surface area contributed by atoms with Gasteiger partial charge in [-0.05, 0) is 36.6 Å². The fraction of sp³-hybridized carbons (Fsp3) is 1.00. The van der Waals surface area contributed by atoms with E-state index in [9.17, 15) is 5.11 Å². The van der Waals surface area contributed by atoms with Gasteiger partial charge >= 0.3 is 0 Å². The maximum Gasteiger partial charge on any atom is 0.131 e. The number of unbranched alkanes of at least 4 members (excludes halogenated alkanes) is 30. The van der Waals surface area contributed by atoms with E-state index in [1.807, 2.05) is 0 Å². The van der Waals surface area contributed by atoms with Crippen molar-refractivity contribution < 1.29 is 17.5 Å². The van der Waals surface area contributed by atoms with Crippen molar-refractivity contribution in [1.82, 2.24) is 0 Å². The predicted octanol–water partition coefficient (Wildman–Crippen LogP) is 10.1. The van der Waals surface area contributed by atoms with Crippen LogP contribution in [0.5, 0.6) is 0 Å². The molecule has 0 fully saturated rings. The fourth-order valence-electron chi connectivity index (χ4n) is 6.14. The van der Waals surface area contributed by atoms with E-state index in [1.54, 1.807) is 0 Å². The van der Waals surface area contributed by atoms with E-state index in [0.717, 1.165) is 5.75 Å². The molecular weight excluding hydrogens is 540 g/mol. The van der Waals surface area contributed by atoms with Crippen molar-refractivity contribution in [2.24, 2.45) is 0 Å². The lowest BCUT2D eigenvalue weighted by atomic mass is 10.0. The van der Waals surface area contributed by atoms with Gasteiger partial charge in [-0.3, -0.25) is 0 Å². The molecule has 0 aromatic heterocycles. The zero-order valence-corrected chi connectivity index (χ0v) is 30.3. The van der Waals surface area contributed by atoms with E-state index < -0.39 is 0 Å². The molecule has 0 rings (SSSR count). The fourth-order valence-corrected chi connectivity index (χ4v) is 8.24. The molecular formula is C38H79ClOS. The minimum absolute atomic E-state index is 0. The molecule has 250 valence electrons. The summed E-state index contributed by atoms with van der Waals surface area (Å²) in [6.07, 6.45) is 46.4. The molecule has 41 heavy (non-hydrogen) atoms. The van der Waals surface area contributed by atoms with Crippen molar-refractivity contribution in [2.45, 2.75) is 219 Å². The van der Waals surface area contributed by atoms with Gasteiger partial charge in [-0.2, -0.15) is 0 Å². The molecule has 0 saturated carbocycles. The zero-order chi connectivity index (χ0) is 29.0. The molecule has 0 heterocycles. The second-order valence-electron chi connectivity index (χ2n) is 13.1. The first-order chi connectivity index (χ1) is 19.8. The van der Waals surface area contributed by atoms with E-state index in [0.29, 0.717) is 17.5 Å². The largest absolute Gasteiger partial charge is 1.00 e. The zero-order valence-electron chi connectivity index (χ0n) is 28.7. The Hall–Kier alpha value is 0.600. The minimum Gasteiger partial charge on any atom is -1.00 e. The van der Waals surface area contributed by atoms with Crippen LogP contribution in [-0.2, 0) is 10.9 Å². The maximum absolute atomic E-state index is 9.51. The molecule has 0 amide bonds. The topological polar surface area (TPSA) is 20.2 Å². The maximum atomic E-state index is 9.51. The molecule has 0 atom stereocenters. The third-order valence-electron chi connectivity index (χ3n) is 8.95. The Bertz CT molecular complexity index is 396. The van der Waals surface area contributed by atoms with E-state index >= 15 is 0 Å². The van der Waals surface area contributed by atoms with E-state index in [-0.39, 0.29) is 12.4 Å². The van der Waals surface area contributed by atoms with Crippen LogP contribution in [0.2, 0.25) is 0 Å². The molecule has 3 heteroatoms. The Morgan fingerprint density at radius 3 is 0.683 bits per heavy atom. The summed E-state index contributed by atoms with van der Waals surface area (Å²) in [6.45, 7) is 5.01. The second kappa shape index (κ2) is 40.6. The normalized spacial score (nSPS) is 11.4. The molecule has 0 aromatic rings. The molecule has 0 aliphatic rings. The van der Waals surface area contributed by atoms with Gasteiger partial charge < -0.3 is 17.5 Å². The van der Waals surface area contributed by atoms with Gasteiger partial charge in [0.15, 0.2) is 0 Å². The van der Waals surface area contributed by atoms with Crippen LogP contribution in [0, 0.1) is 0 Å². The minimum atomic E-state index is 0. The summed E-state index contributed by atoms with van der Waals surface area (Å²) >= 11 is 0. The van der Waals surface area contributed by atoms with Gasteiger partial charge in [0.2, 0.25) is 0 Å². The van der Waals surface area contributed by atoms with Gasteiger partial charge in [0, 0.05) is 0 Å². The lowest BCUT2D eigenvalue weighted by Crippen LogP contribution is -3.00. The summed E-state index contributed by atoms with van der Waals surface area (Å²) in [5.74, 6) is 3.84. The Balaban J connectivity index is 0. The van der Waals surface area contributed by atoms with Crippen LogP contribution >= 0.6 is 0 Å². The van der Waals surface area contributed by atoms with Crippen LogP contribution < -0.4 is 12.4 Å². The summed E-state index contributed by atoms with van der Waals surface area (Å²) < 4.78 is 0.